The number of fused-ring (bicyclic) bond motifs is 1. The fourth-order valence-corrected chi connectivity index (χ4v) is 5.49. The predicted octanol–water partition coefficient (Wildman–Crippen LogP) is 4.80. The van der Waals surface area contributed by atoms with Crippen molar-refractivity contribution in [3.05, 3.63) is 72.3 Å². The quantitative estimate of drug-likeness (QED) is 0.520. The highest BCUT2D eigenvalue weighted by Gasteiger charge is 2.35. The Morgan fingerprint density at radius 3 is 2.40 bits per heavy atom. The molecule has 0 spiro atoms. The number of benzene rings is 3. The maximum atomic E-state index is 13.1. The number of sulfonamides is 1. The number of carbonyl (C=O) groups excluding carboxylic acids is 2. The van der Waals surface area contributed by atoms with Crippen LogP contribution in [0.25, 0.3) is 11.1 Å². The van der Waals surface area contributed by atoms with Gasteiger partial charge in [-0.1, -0.05) is 30.3 Å². The van der Waals surface area contributed by atoms with Crippen LogP contribution in [0.5, 0.6) is 0 Å². The zero-order valence-electron chi connectivity index (χ0n) is 19.5. The Kier molecular flexibility index (Phi) is 6.06. The highest BCUT2D eigenvalue weighted by molar-refractivity contribution is 7.92. The lowest BCUT2D eigenvalue weighted by atomic mass is 10.0. The van der Waals surface area contributed by atoms with Gasteiger partial charge in [0.15, 0.2) is 0 Å². The third-order valence-corrected chi connectivity index (χ3v) is 7.73. The van der Waals surface area contributed by atoms with Crippen molar-refractivity contribution in [2.45, 2.75) is 37.5 Å². The second-order valence-corrected chi connectivity index (χ2v) is 10.8. The zero-order valence-corrected chi connectivity index (χ0v) is 20.3. The molecule has 0 bridgehead atoms. The van der Waals surface area contributed by atoms with E-state index in [1.807, 2.05) is 29.2 Å². The first-order valence-electron chi connectivity index (χ1n) is 11.8. The lowest BCUT2D eigenvalue weighted by Gasteiger charge is -2.30. The SMILES string of the molecule is CC(=O)Nc1cccc(-c2ccc(S(=O)(=O)Nc3ccc4c(c3)N(C(=O)C3CC3)CCC4)cc2)c1. The second-order valence-electron chi connectivity index (χ2n) is 9.10. The van der Waals surface area contributed by atoms with Crippen LogP contribution < -0.4 is 14.9 Å². The van der Waals surface area contributed by atoms with Gasteiger partial charge < -0.3 is 10.2 Å². The van der Waals surface area contributed by atoms with E-state index in [-0.39, 0.29) is 22.6 Å². The summed E-state index contributed by atoms with van der Waals surface area (Å²) in [5.74, 6) is 0.0970. The minimum Gasteiger partial charge on any atom is -0.326 e. The van der Waals surface area contributed by atoms with Crippen LogP contribution in [0.15, 0.2) is 71.6 Å². The summed E-state index contributed by atoms with van der Waals surface area (Å²) in [6.07, 6.45) is 3.66. The van der Waals surface area contributed by atoms with Crippen molar-refractivity contribution in [3.63, 3.8) is 0 Å². The molecule has 180 valence electrons. The molecule has 2 aliphatic rings. The fraction of sp³-hybridized carbons (Fsp3) is 0.259. The molecule has 8 heteroatoms. The first-order valence-corrected chi connectivity index (χ1v) is 13.2. The van der Waals surface area contributed by atoms with Crippen LogP contribution in [0.1, 0.15) is 31.7 Å². The highest BCUT2D eigenvalue weighted by Crippen LogP contribution is 2.37. The molecule has 1 heterocycles. The maximum absolute atomic E-state index is 13.1. The largest absolute Gasteiger partial charge is 0.326 e. The first-order chi connectivity index (χ1) is 16.8. The second kappa shape index (κ2) is 9.19. The first kappa shape index (κ1) is 23.1. The van der Waals surface area contributed by atoms with E-state index >= 15 is 0 Å². The van der Waals surface area contributed by atoms with Gasteiger partial charge in [0.05, 0.1) is 10.6 Å². The molecule has 0 atom stereocenters. The van der Waals surface area contributed by atoms with Gasteiger partial charge in [0.1, 0.15) is 0 Å². The Hall–Kier alpha value is -3.65. The molecule has 2 amide bonds. The zero-order chi connectivity index (χ0) is 24.6. The van der Waals surface area contributed by atoms with E-state index in [0.29, 0.717) is 17.9 Å². The van der Waals surface area contributed by atoms with Crippen LogP contribution in [0.2, 0.25) is 0 Å². The molecule has 5 rings (SSSR count). The number of hydrogen-bond acceptors (Lipinski definition) is 4. The van der Waals surface area contributed by atoms with Crippen molar-refractivity contribution in [2.75, 3.05) is 21.5 Å². The summed E-state index contributed by atoms with van der Waals surface area (Å²) in [5.41, 5.74) is 4.69. The Morgan fingerprint density at radius 1 is 0.914 bits per heavy atom. The molecule has 1 aliphatic carbocycles. The average Bonchev–Trinajstić information content (AvgIpc) is 3.68. The lowest BCUT2D eigenvalue weighted by molar-refractivity contribution is -0.120. The number of aryl methyl sites for hydroxylation is 1. The number of amides is 2. The molecule has 3 aromatic rings. The summed E-state index contributed by atoms with van der Waals surface area (Å²) in [6, 6.07) is 19.4. The van der Waals surface area contributed by atoms with E-state index in [9.17, 15) is 18.0 Å². The topological polar surface area (TPSA) is 95.6 Å². The summed E-state index contributed by atoms with van der Waals surface area (Å²) >= 11 is 0. The van der Waals surface area contributed by atoms with Crippen LogP contribution in [-0.2, 0) is 26.0 Å². The Labute approximate surface area is 205 Å². The molecule has 35 heavy (non-hydrogen) atoms. The molecular weight excluding hydrogens is 462 g/mol. The van der Waals surface area contributed by atoms with Crippen LogP contribution in [0.3, 0.4) is 0 Å². The van der Waals surface area contributed by atoms with Gasteiger partial charge in [-0.2, -0.15) is 0 Å². The number of nitrogens with zero attached hydrogens (tertiary/aromatic N) is 1. The Morgan fingerprint density at radius 2 is 1.69 bits per heavy atom. The van der Waals surface area contributed by atoms with Gasteiger partial charge in [0, 0.05) is 30.8 Å². The van der Waals surface area contributed by atoms with Crippen molar-refractivity contribution < 1.29 is 18.0 Å². The predicted molar refractivity (Wildman–Crippen MR) is 137 cm³/mol. The third-order valence-electron chi connectivity index (χ3n) is 6.33. The minimum absolute atomic E-state index is 0.110. The summed E-state index contributed by atoms with van der Waals surface area (Å²) < 4.78 is 28.8. The third kappa shape index (κ3) is 5.07. The number of nitrogens with one attached hydrogen (secondary N) is 2. The molecule has 2 N–H and O–H groups in total. The summed E-state index contributed by atoms with van der Waals surface area (Å²) in [7, 11) is -3.82. The van der Waals surface area contributed by atoms with Crippen molar-refractivity contribution in [3.8, 4) is 11.1 Å². The monoisotopic (exact) mass is 489 g/mol. The van der Waals surface area contributed by atoms with Gasteiger partial charge in [0.25, 0.3) is 10.0 Å². The van der Waals surface area contributed by atoms with E-state index in [1.165, 1.54) is 6.92 Å². The fourth-order valence-electron chi connectivity index (χ4n) is 4.44. The van der Waals surface area contributed by atoms with Gasteiger partial charge in [0.2, 0.25) is 11.8 Å². The smallest absolute Gasteiger partial charge is 0.261 e. The highest BCUT2D eigenvalue weighted by atomic mass is 32.2. The number of carbonyl (C=O) groups is 2. The van der Waals surface area contributed by atoms with Crippen LogP contribution in [0.4, 0.5) is 17.1 Å². The van der Waals surface area contributed by atoms with Gasteiger partial charge in [-0.15, -0.1) is 0 Å². The molecule has 0 radical (unpaired) electrons. The van der Waals surface area contributed by atoms with E-state index < -0.39 is 10.0 Å². The Bertz CT molecular complexity index is 1400. The van der Waals surface area contributed by atoms with Crippen molar-refractivity contribution in [2.24, 2.45) is 5.92 Å². The van der Waals surface area contributed by atoms with Gasteiger partial charge in [-0.05, 0) is 78.8 Å². The van der Waals surface area contributed by atoms with Crippen LogP contribution in [0, 0.1) is 5.92 Å². The molecule has 7 nitrogen and oxygen atoms in total. The molecular formula is C27H27N3O4S. The summed E-state index contributed by atoms with van der Waals surface area (Å²) in [6.45, 7) is 2.12. The molecule has 3 aromatic carbocycles. The van der Waals surface area contributed by atoms with E-state index in [4.69, 9.17) is 0 Å². The summed E-state index contributed by atoms with van der Waals surface area (Å²) in [5, 5.41) is 2.75. The van der Waals surface area contributed by atoms with Crippen molar-refractivity contribution in [1.82, 2.24) is 0 Å². The van der Waals surface area contributed by atoms with E-state index in [1.54, 1.807) is 42.5 Å². The van der Waals surface area contributed by atoms with Gasteiger partial charge >= 0.3 is 0 Å². The molecule has 0 saturated heterocycles. The lowest BCUT2D eigenvalue weighted by Crippen LogP contribution is -2.36. The molecule has 1 fully saturated rings. The maximum Gasteiger partial charge on any atom is 0.261 e. The van der Waals surface area contributed by atoms with Gasteiger partial charge in [-0.3, -0.25) is 14.3 Å². The van der Waals surface area contributed by atoms with E-state index in [2.05, 4.69) is 10.0 Å². The molecule has 1 aliphatic heterocycles. The molecule has 0 aromatic heterocycles. The van der Waals surface area contributed by atoms with E-state index in [0.717, 1.165) is 48.1 Å². The van der Waals surface area contributed by atoms with Crippen LogP contribution >= 0.6 is 0 Å². The molecule has 1 saturated carbocycles. The number of hydrogen-bond donors (Lipinski definition) is 2. The standard InChI is InChI=1S/C27H27N3O4S/c1-18(31)28-23-6-2-4-22(16-23)19-10-13-25(14-11-19)35(33,34)29-24-12-9-20-5-3-15-30(26(20)17-24)27(32)21-7-8-21/h2,4,6,9-14,16-17,21,29H,3,5,7-8,15H2,1H3,(H,28,31). The van der Waals surface area contributed by atoms with Crippen molar-refractivity contribution >= 4 is 38.9 Å². The normalized spacial score (nSPS) is 15.3. The Balaban J connectivity index is 1.36. The number of rotatable bonds is 6. The van der Waals surface area contributed by atoms with Crippen LogP contribution in [-0.4, -0.2) is 26.8 Å². The average molecular weight is 490 g/mol. The summed E-state index contributed by atoms with van der Waals surface area (Å²) in [4.78, 5) is 26.0. The van der Waals surface area contributed by atoms with Crippen molar-refractivity contribution in [1.29, 1.82) is 0 Å². The number of anilines is 3. The van der Waals surface area contributed by atoms with Gasteiger partial charge in [-0.25, -0.2) is 8.42 Å². The molecule has 0 unspecified atom stereocenters. The minimum atomic E-state index is -3.82.